The predicted molar refractivity (Wildman–Crippen MR) is 104 cm³/mol. The highest BCUT2D eigenvalue weighted by atomic mass is 16.5. The maximum atomic E-state index is 12.6. The smallest absolute Gasteiger partial charge is 0.239 e. The highest BCUT2D eigenvalue weighted by molar-refractivity contribution is 5.82. The van der Waals surface area contributed by atoms with Gasteiger partial charge in [0.25, 0.3) is 0 Å². The number of nitrogens with zero attached hydrogens (tertiary/aromatic N) is 4. The lowest BCUT2D eigenvalue weighted by Crippen LogP contribution is -2.46. The Bertz CT molecular complexity index is 850. The summed E-state index contributed by atoms with van der Waals surface area (Å²) in [6.45, 7) is 2.47. The van der Waals surface area contributed by atoms with Crippen LogP contribution in [-0.2, 0) is 17.6 Å². The van der Waals surface area contributed by atoms with Crippen LogP contribution in [0, 0.1) is 0 Å². The largest absolute Gasteiger partial charge is 0.341 e. The van der Waals surface area contributed by atoms with Crippen molar-refractivity contribution in [3.63, 3.8) is 0 Å². The summed E-state index contributed by atoms with van der Waals surface area (Å²) in [6, 6.07) is 4.18. The standard InChI is InChI=1S/C21H27N5O2/c27-21(18-6-3-11-22-18)26-12-9-15(10-13-26)20-24-19(25-28-20)17-8-7-14-4-1-2-5-16(14)23-17/h7-8,15,18,22H,1-6,9-13H2/t18-/m0/s1. The zero-order chi connectivity index (χ0) is 18.9. The summed E-state index contributed by atoms with van der Waals surface area (Å²) >= 11 is 0. The number of carbonyl (C=O) groups is 1. The van der Waals surface area contributed by atoms with E-state index >= 15 is 0 Å². The van der Waals surface area contributed by atoms with E-state index in [-0.39, 0.29) is 17.9 Å². The molecule has 2 aromatic rings. The summed E-state index contributed by atoms with van der Waals surface area (Å²) in [5, 5.41) is 7.49. The number of carbonyl (C=O) groups excluding carboxylic acids is 1. The molecule has 0 unspecified atom stereocenters. The fourth-order valence-electron chi connectivity index (χ4n) is 4.67. The van der Waals surface area contributed by atoms with Crippen LogP contribution in [0.15, 0.2) is 16.7 Å². The first kappa shape index (κ1) is 17.8. The molecular weight excluding hydrogens is 354 g/mol. The number of aromatic nitrogens is 3. The van der Waals surface area contributed by atoms with Gasteiger partial charge in [0, 0.05) is 24.7 Å². The molecule has 1 aliphatic carbocycles. The van der Waals surface area contributed by atoms with Crippen molar-refractivity contribution in [1.82, 2.24) is 25.3 Å². The van der Waals surface area contributed by atoms with Crippen LogP contribution in [-0.4, -0.2) is 51.6 Å². The number of piperidine rings is 1. The van der Waals surface area contributed by atoms with Gasteiger partial charge in [0.2, 0.25) is 17.6 Å². The SMILES string of the molecule is O=C([C@@H]1CCCN1)N1CCC(c2nc(-c3ccc4c(n3)CCCC4)no2)CC1. The average molecular weight is 381 g/mol. The van der Waals surface area contributed by atoms with Gasteiger partial charge < -0.3 is 14.7 Å². The Balaban J connectivity index is 1.24. The molecule has 1 N–H and O–H groups in total. The minimum absolute atomic E-state index is 0.0154. The monoisotopic (exact) mass is 381 g/mol. The van der Waals surface area contributed by atoms with Crippen LogP contribution in [0.3, 0.4) is 0 Å². The third-order valence-corrected chi connectivity index (χ3v) is 6.36. The second-order valence-electron chi connectivity index (χ2n) is 8.21. The summed E-state index contributed by atoms with van der Waals surface area (Å²) in [5.41, 5.74) is 3.34. The molecule has 7 nitrogen and oxygen atoms in total. The van der Waals surface area contributed by atoms with Crippen molar-refractivity contribution in [2.75, 3.05) is 19.6 Å². The lowest BCUT2D eigenvalue weighted by atomic mass is 9.95. The molecule has 7 heteroatoms. The fourth-order valence-corrected chi connectivity index (χ4v) is 4.67. The molecule has 4 heterocycles. The van der Waals surface area contributed by atoms with E-state index < -0.39 is 0 Å². The molecule has 1 amide bonds. The van der Waals surface area contributed by atoms with Crippen LogP contribution < -0.4 is 5.32 Å². The van der Waals surface area contributed by atoms with Crippen molar-refractivity contribution in [1.29, 1.82) is 0 Å². The van der Waals surface area contributed by atoms with Gasteiger partial charge in [-0.3, -0.25) is 4.79 Å². The van der Waals surface area contributed by atoms with Crippen LogP contribution >= 0.6 is 0 Å². The van der Waals surface area contributed by atoms with E-state index in [9.17, 15) is 4.79 Å². The molecule has 0 saturated carbocycles. The molecule has 148 valence electrons. The molecule has 1 atom stereocenters. The fraction of sp³-hybridized carbons (Fsp3) is 0.619. The molecule has 0 aromatic carbocycles. The summed E-state index contributed by atoms with van der Waals surface area (Å²) in [6.07, 6.45) is 8.40. The Morgan fingerprint density at radius 1 is 1.07 bits per heavy atom. The second-order valence-corrected chi connectivity index (χ2v) is 8.21. The normalized spacial score (nSPS) is 23.0. The Labute approximate surface area is 164 Å². The van der Waals surface area contributed by atoms with Gasteiger partial charge in [-0.1, -0.05) is 11.2 Å². The van der Waals surface area contributed by atoms with Crippen molar-refractivity contribution >= 4 is 5.91 Å². The topological polar surface area (TPSA) is 84.2 Å². The van der Waals surface area contributed by atoms with E-state index in [0.717, 1.165) is 63.9 Å². The molecule has 28 heavy (non-hydrogen) atoms. The van der Waals surface area contributed by atoms with E-state index in [0.29, 0.717) is 11.7 Å². The van der Waals surface area contributed by atoms with Crippen LogP contribution in [0.2, 0.25) is 0 Å². The second kappa shape index (κ2) is 7.62. The predicted octanol–water partition coefficient (Wildman–Crippen LogP) is 2.47. The van der Waals surface area contributed by atoms with E-state index in [1.54, 1.807) is 0 Å². The van der Waals surface area contributed by atoms with E-state index in [1.807, 2.05) is 11.0 Å². The van der Waals surface area contributed by atoms with Crippen LogP contribution in [0.5, 0.6) is 0 Å². The Kier molecular flexibility index (Phi) is 4.84. The van der Waals surface area contributed by atoms with Crippen LogP contribution in [0.4, 0.5) is 0 Å². The lowest BCUT2D eigenvalue weighted by Gasteiger charge is -2.32. The first-order chi connectivity index (χ1) is 13.8. The summed E-state index contributed by atoms with van der Waals surface area (Å²) < 4.78 is 5.58. The maximum absolute atomic E-state index is 12.6. The minimum Gasteiger partial charge on any atom is -0.341 e. The van der Waals surface area contributed by atoms with Gasteiger partial charge in [-0.2, -0.15) is 4.98 Å². The third-order valence-electron chi connectivity index (χ3n) is 6.36. The highest BCUT2D eigenvalue weighted by Gasteiger charge is 2.32. The highest BCUT2D eigenvalue weighted by Crippen LogP contribution is 2.29. The summed E-state index contributed by atoms with van der Waals surface area (Å²) in [7, 11) is 0. The molecule has 3 aliphatic rings. The quantitative estimate of drug-likeness (QED) is 0.879. The Morgan fingerprint density at radius 2 is 1.93 bits per heavy atom. The Hall–Kier alpha value is -2.28. The number of pyridine rings is 1. The summed E-state index contributed by atoms with van der Waals surface area (Å²) in [4.78, 5) is 24.0. The molecular formula is C21H27N5O2. The van der Waals surface area contributed by atoms with Crippen molar-refractivity contribution in [2.45, 2.75) is 63.3 Å². The van der Waals surface area contributed by atoms with Gasteiger partial charge in [0.15, 0.2) is 0 Å². The molecule has 2 saturated heterocycles. The van der Waals surface area contributed by atoms with E-state index in [2.05, 4.69) is 21.5 Å². The van der Waals surface area contributed by atoms with Gasteiger partial charge in [-0.15, -0.1) is 0 Å². The molecule has 0 bridgehead atoms. The van der Waals surface area contributed by atoms with Gasteiger partial charge in [0.1, 0.15) is 5.69 Å². The summed E-state index contributed by atoms with van der Waals surface area (Å²) in [5.74, 6) is 1.73. The zero-order valence-corrected chi connectivity index (χ0v) is 16.2. The van der Waals surface area contributed by atoms with Crippen molar-refractivity contribution in [3.05, 3.63) is 29.3 Å². The number of aryl methyl sites for hydroxylation is 2. The first-order valence-corrected chi connectivity index (χ1v) is 10.6. The molecule has 5 rings (SSSR count). The van der Waals surface area contributed by atoms with Gasteiger partial charge in [-0.25, -0.2) is 4.98 Å². The lowest BCUT2D eigenvalue weighted by molar-refractivity contribution is -0.134. The van der Waals surface area contributed by atoms with Crippen molar-refractivity contribution < 1.29 is 9.32 Å². The number of likely N-dealkylation sites (tertiary alicyclic amines) is 1. The number of nitrogens with one attached hydrogen (secondary N) is 1. The van der Waals surface area contributed by atoms with Gasteiger partial charge in [-0.05, 0) is 69.5 Å². The number of amides is 1. The van der Waals surface area contributed by atoms with Crippen LogP contribution in [0.1, 0.15) is 61.6 Å². The third kappa shape index (κ3) is 3.43. The molecule has 0 spiro atoms. The number of fused-ring (bicyclic) bond motifs is 1. The molecule has 2 aliphatic heterocycles. The average Bonchev–Trinajstić information content (AvgIpc) is 3.45. The maximum Gasteiger partial charge on any atom is 0.239 e. The van der Waals surface area contributed by atoms with Crippen LogP contribution in [0.25, 0.3) is 11.5 Å². The first-order valence-electron chi connectivity index (χ1n) is 10.6. The van der Waals surface area contributed by atoms with Gasteiger partial charge >= 0.3 is 0 Å². The zero-order valence-electron chi connectivity index (χ0n) is 16.2. The van der Waals surface area contributed by atoms with Gasteiger partial charge in [0.05, 0.1) is 6.04 Å². The number of hydrogen-bond acceptors (Lipinski definition) is 6. The molecule has 2 aromatic heterocycles. The van der Waals surface area contributed by atoms with Crippen molar-refractivity contribution in [3.8, 4) is 11.5 Å². The minimum atomic E-state index is 0.0154. The Morgan fingerprint density at radius 3 is 2.75 bits per heavy atom. The van der Waals surface area contributed by atoms with E-state index in [1.165, 1.54) is 24.1 Å². The van der Waals surface area contributed by atoms with Crippen molar-refractivity contribution in [2.24, 2.45) is 0 Å². The number of rotatable bonds is 3. The molecule has 2 fully saturated rings. The number of hydrogen-bond donors (Lipinski definition) is 1. The van der Waals surface area contributed by atoms with E-state index in [4.69, 9.17) is 9.51 Å². The molecule has 0 radical (unpaired) electrons.